The van der Waals surface area contributed by atoms with Crippen molar-refractivity contribution in [2.45, 2.75) is 23.0 Å². The fourth-order valence-electron chi connectivity index (χ4n) is 3.19. The number of nitrogens with one attached hydrogen (secondary N) is 1. The Morgan fingerprint density at radius 3 is 2.77 bits per heavy atom. The van der Waals surface area contributed by atoms with Crippen LogP contribution in [0.4, 0.5) is 0 Å². The number of rotatable bonds is 7. The zero-order valence-electron chi connectivity index (χ0n) is 16.5. The van der Waals surface area contributed by atoms with Crippen molar-refractivity contribution in [1.29, 1.82) is 0 Å². The quantitative estimate of drug-likeness (QED) is 0.450. The van der Waals surface area contributed by atoms with Crippen LogP contribution in [-0.2, 0) is 17.8 Å². The molecule has 6 nitrogen and oxygen atoms in total. The molecule has 1 aliphatic heterocycles. The first-order chi connectivity index (χ1) is 14.7. The summed E-state index contributed by atoms with van der Waals surface area (Å²) < 4.78 is 7.02. The fraction of sp³-hybridized carbons (Fsp3) is 0.227. The predicted octanol–water partition coefficient (Wildman–Crippen LogP) is 3.30. The molecule has 0 saturated heterocycles. The van der Waals surface area contributed by atoms with Crippen LogP contribution in [0.1, 0.15) is 11.3 Å². The van der Waals surface area contributed by atoms with Gasteiger partial charge in [-0.25, -0.2) is 4.98 Å². The van der Waals surface area contributed by atoms with Gasteiger partial charge in [0, 0.05) is 18.7 Å². The maximum atomic E-state index is 13.2. The molecule has 0 unspecified atom stereocenters. The Morgan fingerprint density at radius 1 is 1.20 bits per heavy atom. The van der Waals surface area contributed by atoms with E-state index < -0.39 is 0 Å². The molecule has 2 heterocycles. The SMILES string of the molecule is COc1ccccc1-n1c(SCC(=O)NCc2ccccc2)nc2c(c1=O)SCC2. The number of benzene rings is 2. The maximum absolute atomic E-state index is 13.2. The summed E-state index contributed by atoms with van der Waals surface area (Å²) in [5, 5.41) is 3.41. The fourth-order valence-corrected chi connectivity index (χ4v) is 5.07. The van der Waals surface area contributed by atoms with E-state index in [2.05, 4.69) is 5.32 Å². The monoisotopic (exact) mass is 439 g/mol. The third-order valence-corrected chi connectivity index (χ3v) is 6.70. The highest BCUT2D eigenvalue weighted by Crippen LogP contribution is 2.31. The summed E-state index contributed by atoms with van der Waals surface area (Å²) in [7, 11) is 1.57. The summed E-state index contributed by atoms with van der Waals surface area (Å²) in [4.78, 5) is 31.0. The van der Waals surface area contributed by atoms with Crippen LogP contribution in [0.5, 0.6) is 5.75 Å². The van der Waals surface area contributed by atoms with Crippen molar-refractivity contribution in [3.05, 3.63) is 76.2 Å². The van der Waals surface area contributed by atoms with Crippen molar-refractivity contribution in [2.24, 2.45) is 0 Å². The van der Waals surface area contributed by atoms with Crippen molar-refractivity contribution in [3.63, 3.8) is 0 Å². The molecule has 1 aromatic heterocycles. The number of nitrogens with zero attached hydrogens (tertiary/aromatic N) is 2. The van der Waals surface area contributed by atoms with E-state index in [9.17, 15) is 9.59 Å². The van der Waals surface area contributed by atoms with E-state index in [0.717, 1.165) is 23.4 Å². The number of hydrogen-bond acceptors (Lipinski definition) is 6. The molecule has 0 radical (unpaired) electrons. The van der Waals surface area contributed by atoms with Crippen molar-refractivity contribution >= 4 is 29.4 Å². The molecule has 8 heteroatoms. The number of fused-ring (bicyclic) bond motifs is 1. The minimum Gasteiger partial charge on any atom is -0.495 e. The molecule has 30 heavy (non-hydrogen) atoms. The molecule has 4 rings (SSSR count). The number of aryl methyl sites for hydroxylation is 1. The summed E-state index contributed by atoms with van der Waals surface area (Å²) >= 11 is 2.79. The number of aromatic nitrogens is 2. The zero-order valence-corrected chi connectivity index (χ0v) is 18.1. The number of amides is 1. The van der Waals surface area contributed by atoms with Crippen LogP contribution in [0.2, 0.25) is 0 Å². The van der Waals surface area contributed by atoms with Crippen LogP contribution in [0.25, 0.3) is 5.69 Å². The normalized spacial score (nSPS) is 12.4. The molecule has 1 N–H and O–H groups in total. The second-order valence-corrected chi connectivity index (χ2v) is 8.68. The van der Waals surface area contributed by atoms with E-state index in [1.54, 1.807) is 11.7 Å². The molecule has 154 valence electrons. The highest BCUT2D eigenvalue weighted by atomic mass is 32.2. The zero-order chi connectivity index (χ0) is 20.9. The van der Waals surface area contributed by atoms with Crippen LogP contribution in [0.3, 0.4) is 0 Å². The van der Waals surface area contributed by atoms with Crippen LogP contribution < -0.4 is 15.6 Å². The lowest BCUT2D eigenvalue weighted by atomic mass is 10.2. The molecule has 0 fully saturated rings. The van der Waals surface area contributed by atoms with Gasteiger partial charge in [-0.15, -0.1) is 11.8 Å². The molecule has 0 atom stereocenters. The Hall–Kier alpha value is -2.71. The molecule has 0 saturated carbocycles. The van der Waals surface area contributed by atoms with Gasteiger partial charge in [0.2, 0.25) is 5.91 Å². The Morgan fingerprint density at radius 2 is 1.97 bits per heavy atom. The minimum atomic E-state index is -0.112. The average molecular weight is 440 g/mol. The van der Waals surface area contributed by atoms with E-state index in [-0.39, 0.29) is 17.2 Å². The molecule has 0 bridgehead atoms. The van der Waals surface area contributed by atoms with Gasteiger partial charge in [-0.05, 0) is 17.7 Å². The minimum absolute atomic E-state index is 0.112. The lowest BCUT2D eigenvalue weighted by molar-refractivity contribution is -0.118. The lowest BCUT2D eigenvalue weighted by Gasteiger charge is -2.16. The molecule has 0 spiro atoms. The number of carbonyl (C=O) groups excluding carboxylic acids is 1. The van der Waals surface area contributed by atoms with E-state index >= 15 is 0 Å². The van der Waals surface area contributed by atoms with Crippen LogP contribution >= 0.6 is 23.5 Å². The Kier molecular flexibility index (Phi) is 6.44. The first kappa shape index (κ1) is 20.6. The molecular weight excluding hydrogens is 418 g/mol. The van der Waals surface area contributed by atoms with Gasteiger partial charge in [0.05, 0.1) is 29.1 Å². The van der Waals surface area contributed by atoms with Gasteiger partial charge in [-0.1, -0.05) is 54.2 Å². The van der Waals surface area contributed by atoms with Crippen LogP contribution in [0.15, 0.2) is 69.4 Å². The molecule has 3 aromatic rings. The number of carbonyl (C=O) groups is 1. The van der Waals surface area contributed by atoms with Gasteiger partial charge in [-0.2, -0.15) is 0 Å². The predicted molar refractivity (Wildman–Crippen MR) is 120 cm³/mol. The summed E-state index contributed by atoms with van der Waals surface area (Å²) in [5.74, 6) is 1.48. The smallest absolute Gasteiger partial charge is 0.272 e. The Balaban J connectivity index is 1.59. The lowest BCUT2D eigenvalue weighted by Crippen LogP contribution is -2.27. The third-order valence-electron chi connectivity index (χ3n) is 4.66. The van der Waals surface area contributed by atoms with Gasteiger partial charge < -0.3 is 10.1 Å². The number of thioether (sulfide) groups is 2. The summed E-state index contributed by atoms with van der Waals surface area (Å²) in [6.07, 6.45) is 0.760. The van der Waals surface area contributed by atoms with E-state index in [4.69, 9.17) is 9.72 Å². The van der Waals surface area contributed by atoms with Crippen molar-refractivity contribution in [3.8, 4) is 11.4 Å². The Bertz CT molecular complexity index is 1120. The standard InChI is InChI=1S/C22H21N3O3S2/c1-28-18-10-6-5-9-17(18)25-21(27)20-16(11-12-29-20)24-22(25)30-14-19(26)23-13-15-7-3-2-4-8-15/h2-10H,11-14H2,1H3,(H,23,26). The van der Waals surface area contributed by atoms with Gasteiger partial charge >= 0.3 is 0 Å². The average Bonchev–Trinajstić information content (AvgIpc) is 3.26. The number of ether oxygens (including phenoxy) is 1. The van der Waals surface area contributed by atoms with Crippen molar-refractivity contribution < 1.29 is 9.53 Å². The summed E-state index contributed by atoms with van der Waals surface area (Å²) in [6, 6.07) is 17.1. The van der Waals surface area contributed by atoms with E-state index in [1.165, 1.54) is 23.5 Å². The van der Waals surface area contributed by atoms with Crippen molar-refractivity contribution in [1.82, 2.24) is 14.9 Å². The molecule has 1 aliphatic rings. The molecule has 0 aliphatic carbocycles. The molecule has 1 amide bonds. The van der Waals surface area contributed by atoms with Gasteiger partial charge in [-0.3, -0.25) is 14.2 Å². The van der Waals surface area contributed by atoms with Gasteiger partial charge in [0.15, 0.2) is 5.16 Å². The Labute approximate surface area is 183 Å². The highest BCUT2D eigenvalue weighted by Gasteiger charge is 2.24. The number of hydrogen-bond donors (Lipinski definition) is 1. The second kappa shape index (κ2) is 9.40. The first-order valence-electron chi connectivity index (χ1n) is 9.53. The summed E-state index contributed by atoms with van der Waals surface area (Å²) in [5.41, 5.74) is 2.36. The van der Waals surface area contributed by atoms with E-state index in [0.29, 0.717) is 28.0 Å². The number of methoxy groups -OCH3 is 1. The van der Waals surface area contributed by atoms with Gasteiger partial charge in [0.1, 0.15) is 5.75 Å². The molecule has 2 aromatic carbocycles. The van der Waals surface area contributed by atoms with Gasteiger partial charge in [0.25, 0.3) is 5.56 Å². The van der Waals surface area contributed by atoms with Crippen LogP contribution in [0, 0.1) is 0 Å². The maximum Gasteiger partial charge on any atom is 0.272 e. The third kappa shape index (κ3) is 4.39. The summed E-state index contributed by atoms with van der Waals surface area (Å²) in [6.45, 7) is 0.466. The van der Waals surface area contributed by atoms with E-state index in [1.807, 2.05) is 54.6 Å². The highest BCUT2D eigenvalue weighted by molar-refractivity contribution is 8.00. The first-order valence-corrected chi connectivity index (χ1v) is 11.5. The second-order valence-electron chi connectivity index (χ2n) is 6.63. The topological polar surface area (TPSA) is 73.2 Å². The largest absolute Gasteiger partial charge is 0.495 e. The number of para-hydroxylation sites is 2. The molecular formula is C22H21N3O3S2. The van der Waals surface area contributed by atoms with Crippen LogP contribution in [-0.4, -0.2) is 34.1 Å². The van der Waals surface area contributed by atoms with Crippen molar-refractivity contribution in [2.75, 3.05) is 18.6 Å².